The van der Waals surface area contributed by atoms with Gasteiger partial charge in [0.25, 0.3) is 0 Å². The Morgan fingerprint density at radius 1 is 0.826 bits per heavy atom. The average Bonchev–Trinajstić information content (AvgIpc) is 2.98. The molecule has 3 rings (SSSR count). The molecule has 0 atom stereocenters. The summed E-state index contributed by atoms with van der Waals surface area (Å²) in [6.45, 7) is 0.584. The van der Waals surface area contributed by atoms with Crippen LogP contribution in [0.1, 0.15) is 22.5 Å². The molecule has 114 valence electrons. The molecule has 0 radical (unpaired) electrons. The molecular formula is C20H17FN2. The number of halogens is 1. The van der Waals surface area contributed by atoms with Crippen molar-refractivity contribution in [3.8, 4) is 6.07 Å². The minimum absolute atomic E-state index is 0.244. The molecule has 0 N–H and O–H groups in total. The lowest BCUT2D eigenvalue weighted by atomic mass is 10.1. The van der Waals surface area contributed by atoms with Crippen molar-refractivity contribution in [3.05, 3.63) is 95.1 Å². The second-order valence-corrected chi connectivity index (χ2v) is 5.52. The molecule has 0 aliphatic heterocycles. The van der Waals surface area contributed by atoms with Crippen molar-refractivity contribution in [2.45, 2.75) is 19.4 Å². The normalized spacial score (nSPS) is 10.4. The summed E-state index contributed by atoms with van der Waals surface area (Å²) >= 11 is 0. The largest absolute Gasteiger partial charge is 0.332 e. The van der Waals surface area contributed by atoms with Gasteiger partial charge < -0.3 is 4.57 Å². The summed E-state index contributed by atoms with van der Waals surface area (Å²) in [5.41, 5.74) is 4.02. The molecule has 0 aliphatic carbocycles. The molecule has 1 aromatic heterocycles. The zero-order valence-corrected chi connectivity index (χ0v) is 12.7. The third-order valence-electron chi connectivity index (χ3n) is 3.95. The van der Waals surface area contributed by atoms with Crippen molar-refractivity contribution in [1.82, 2.24) is 4.57 Å². The fraction of sp³-hybridized carbons (Fsp3) is 0.150. The molecule has 0 amide bonds. The van der Waals surface area contributed by atoms with E-state index in [2.05, 4.69) is 18.2 Å². The molecule has 23 heavy (non-hydrogen) atoms. The van der Waals surface area contributed by atoms with Crippen LogP contribution in [-0.2, 0) is 19.4 Å². The minimum atomic E-state index is -0.244. The van der Waals surface area contributed by atoms with E-state index in [0.717, 1.165) is 24.1 Å². The summed E-state index contributed by atoms with van der Waals surface area (Å²) in [7, 11) is 0. The van der Waals surface area contributed by atoms with E-state index in [1.54, 1.807) is 12.1 Å². The highest BCUT2D eigenvalue weighted by Crippen LogP contribution is 2.15. The number of aryl methyl sites for hydroxylation is 2. The van der Waals surface area contributed by atoms with Gasteiger partial charge in [0.2, 0.25) is 0 Å². The molecule has 0 aliphatic rings. The van der Waals surface area contributed by atoms with Crippen LogP contribution in [0.2, 0.25) is 0 Å². The van der Waals surface area contributed by atoms with Crippen molar-refractivity contribution in [3.63, 3.8) is 0 Å². The number of benzene rings is 2. The van der Waals surface area contributed by atoms with E-state index < -0.39 is 0 Å². The number of nitrogens with zero attached hydrogens (tertiary/aromatic N) is 2. The molecule has 3 aromatic rings. The number of hydrogen-bond acceptors (Lipinski definition) is 1. The first-order valence-electron chi connectivity index (χ1n) is 7.63. The van der Waals surface area contributed by atoms with Crippen LogP contribution in [0.5, 0.6) is 0 Å². The highest BCUT2D eigenvalue weighted by Gasteiger charge is 2.09. The quantitative estimate of drug-likeness (QED) is 0.689. The van der Waals surface area contributed by atoms with Crippen LogP contribution >= 0.6 is 0 Å². The molecule has 2 nitrogen and oxygen atoms in total. The van der Waals surface area contributed by atoms with Gasteiger partial charge in [0.1, 0.15) is 17.6 Å². The number of aromatic nitrogens is 1. The summed E-state index contributed by atoms with van der Waals surface area (Å²) in [6, 6.07) is 22.8. The van der Waals surface area contributed by atoms with Crippen LogP contribution < -0.4 is 0 Å². The molecule has 0 spiro atoms. The Kier molecular flexibility index (Phi) is 4.54. The Balaban J connectivity index is 1.80. The van der Waals surface area contributed by atoms with E-state index >= 15 is 0 Å². The second kappa shape index (κ2) is 6.93. The van der Waals surface area contributed by atoms with Crippen LogP contribution in [0.3, 0.4) is 0 Å². The zero-order valence-electron chi connectivity index (χ0n) is 12.7. The minimum Gasteiger partial charge on any atom is -0.332 e. The fourth-order valence-corrected chi connectivity index (χ4v) is 2.70. The number of hydrogen-bond donors (Lipinski definition) is 0. The Morgan fingerprint density at radius 3 is 2.26 bits per heavy atom. The Labute approximate surface area is 135 Å². The van der Waals surface area contributed by atoms with Crippen molar-refractivity contribution in [1.29, 1.82) is 5.26 Å². The summed E-state index contributed by atoms with van der Waals surface area (Å²) < 4.78 is 15.0. The fourth-order valence-electron chi connectivity index (χ4n) is 2.70. The Hall–Kier alpha value is -2.86. The Morgan fingerprint density at radius 2 is 1.57 bits per heavy atom. The van der Waals surface area contributed by atoms with E-state index in [4.69, 9.17) is 0 Å². The summed E-state index contributed by atoms with van der Waals surface area (Å²) in [5.74, 6) is -0.244. The van der Waals surface area contributed by atoms with Gasteiger partial charge in [-0.2, -0.15) is 5.26 Å². The van der Waals surface area contributed by atoms with Crippen LogP contribution in [0.4, 0.5) is 4.39 Å². The van der Waals surface area contributed by atoms with Gasteiger partial charge in [-0.15, -0.1) is 0 Å². The standard InChI is InChI=1S/C20H17FN2/c21-18-9-6-17(7-10-18)15-23-19(12-13-20(23)14-22)11-8-16-4-2-1-3-5-16/h1-7,9-10,12-13H,8,11,15H2. The number of rotatable bonds is 5. The predicted octanol–water partition coefficient (Wildman–Crippen LogP) is 4.33. The van der Waals surface area contributed by atoms with Crippen LogP contribution in [0.15, 0.2) is 66.7 Å². The van der Waals surface area contributed by atoms with Crippen LogP contribution in [-0.4, -0.2) is 4.57 Å². The summed E-state index contributed by atoms with van der Waals surface area (Å²) in [5, 5.41) is 9.31. The van der Waals surface area contributed by atoms with Crippen LogP contribution in [0.25, 0.3) is 0 Å². The maximum absolute atomic E-state index is 13.0. The molecule has 0 bridgehead atoms. The lowest BCUT2D eigenvalue weighted by Crippen LogP contribution is -2.07. The van der Waals surface area contributed by atoms with E-state index in [1.165, 1.54) is 17.7 Å². The lowest BCUT2D eigenvalue weighted by Gasteiger charge is -2.11. The summed E-state index contributed by atoms with van der Waals surface area (Å²) in [4.78, 5) is 0. The van der Waals surface area contributed by atoms with Crippen molar-refractivity contribution >= 4 is 0 Å². The maximum atomic E-state index is 13.0. The third kappa shape index (κ3) is 3.67. The van der Waals surface area contributed by atoms with Gasteiger partial charge in [0, 0.05) is 12.2 Å². The first-order chi connectivity index (χ1) is 11.3. The van der Waals surface area contributed by atoms with Crippen molar-refractivity contribution in [2.24, 2.45) is 0 Å². The van der Waals surface area contributed by atoms with Gasteiger partial charge in [-0.25, -0.2) is 4.39 Å². The molecular weight excluding hydrogens is 287 g/mol. The molecule has 2 aromatic carbocycles. The molecule has 0 unspecified atom stereocenters. The first kappa shape index (κ1) is 15.1. The molecule has 0 saturated carbocycles. The molecule has 0 saturated heterocycles. The van der Waals surface area contributed by atoms with Gasteiger partial charge in [0.05, 0.1) is 0 Å². The average molecular weight is 304 g/mol. The topological polar surface area (TPSA) is 28.7 Å². The molecule has 0 fully saturated rings. The summed E-state index contributed by atoms with van der Waals surface area (Å²) in [6.07, 6.45) is 1.80. The van der Waals surface area contributed by atoms with E-state index in [-0.39, 0.29) is 5.82 Å². The zero-order chi connectivity index (χ0) is 16.1. The highest BCUT2D eigenvalue weighted by molar-refractivity contribution is 5.30. The van der Waals surface area contributed by atoms with Gasteiger partial charge in [-0.05, 0) is 48.2 Å². The molecule has 1 heterocycles. The second-order valence-electron chi connectivity index (χ2n) is 5.52. The third-order valence-corrected chi connectivity index (χ3v) is 3.95. The van der Waals surface area contributed by atoms with Gasteiger partial charge >= 0.3 is 0 Å². The van der Waals surface area contributed by atoms with Crippen LogP contribution in [0, 0.1) is 17.1 Å². The van der Waals surface area contributed by atoms with Gasteiger partial charge in [-0.1, -0.05) is 42.5 Å². The predicted molar refractivity (Wildman–Crippen MR) is 88.5 cm³/mol. The highest BCUT2D eigenvalue weighted by atomic mass is 19.1. The molecule has 3 heteroatoms. The van der Waals surface area contributed by atoms with Crippen molar-refractivity contribution < 1.29 is 4.39 Å². The Bertz CT molecular complexity index is 811. The van der Waals surface area contributed by atoms with Gasteiger partial charge in [0.15, 0.2) is 0 Å². The lowest BCUT2D eigenvalue weighted by molar-refractivity contribution is 0.625. The SMILES string of the molecule is N#Cc1ccc(CCc2ccccc2)n1Cc1ccc(F)cc1. The first-order valence-corrected chi connectivity index (χ1v) is 7.63. The monoisotopic (exact) mass is 304 g/mol. The van der Waals surface area contributed by atoms with Crippen molar-refractivity contribution in [2.75, 3.05) is 0 Å². The van der Waals surface area contributed by atoms with E-state index in [0.29, 0.717) is 12.2 Å². The van der Waals surface area contributed by atoms with Gasteiger partial charge in [-0.3, -0.25) is 0 Å². The van der Waals surface area contributed by atoms with E-state index in [1.807, 2.05) is 34.9 Å². The maximum Gasteiger partial charge on any atom is 0.123 e. The smallest absolute Gasteiger partial charge is 0.123 e. The van der Waals surface area contributed by atoms with E-state index in [9.17, 15) is 9.65 Å². The number of nitriles is 1.